The van der Waals surface area contributed by atoms with Crippen LogP contribution in [-0.4, -0.2) is 13.2 Å². The third-order valence-electron chi connectivity index (χ3n) is 8.86. The maximum absolute atomic E-state index is 6.54. The molecule has 0 aromatic heterocycles. The first-order chi connectivity index (χ1) is 22.6. The van der Waals surface area contributed by atoms with E-state index in [1.165, 1.54) is 96.9 Å². The Morgan fingerprint density at radius 3 is 1.15 bits per heavy atom. The van der Waals surface area contributed by atoms with E-state index in [0.29, 0.717) is 0 Å². The maximum Gasteiger partial charge on any atom is 0.127 e. The standard InChI is InChI=1S/C42H48Br2O2/c1-3-5-7-9-11-17-27-45-39-25-23-31(43)29-37(39)41-33-19-13-15-21-35(33)42(36-22-16-14-20-34(36)41)38-30-32(44)24-26-40(38)46-28-18-12-10-8-6-4-2/h13-16,19-26,29-30H,3-12,17-18,27-28H2,1-2H3. The average molecular weight is 745 g/mol. The van der Waals surface area contributed by atoms with Gasteiger partial charge in [0.05, 0.1) is 13.2 Å². The highest BCUT2D eigenvalue weighted by Crippen LogP contribution is 2.48. The summed E-state index contributed by atoms with van der Waals surface area (Å²) >= 11 is 7.55. The summed E-state index contributed by atoms with van der Waals surface area (Å²) in [5.41, 5.74) is 4.65. The lowest BCUT2D eigenvalue weighted by Gasteiger charge is -2.21. The van der Waals surface area contributed by atoms with Crippen LogP contribution in [0.15, 0.2) is 93.9 Å². The summed E-state index contributed by atoms with van der Waals surface area (Å²) in [6.45, 7) is 5.99. The van der Waals surface area contributed by atoms with Gasteiger partial charge in [-0.1, -0.05) is 158 Å². The van der Waals surface area contributed by atoms with Gasteiger partial charge in [-0.3, -0.25) is 0 Å². The molecule has 5 aromatic carbocycles. The molecule has 0 N–H and O–H groups in total. The van der Waals surface area contributed by atoms with Gasteiger partial charge in [0.1, 0.15) is 11.5 Å². The Labute approximate surface area is 293 Å². The molecular weight excluding hydrogens is 696 g/mol. The van der Waals surface area contributed by atoms with E-state index in [4.69, 9.17) is 9.47 Å². The fraction of sp³-hybridized carbons (Fsp3) is 0.381. The van der Waals surface area contributed by atoms with Gasteiger partial charge in [0.25, 0.3) is 0 Å². The van der Waals surface area contributed by atoms with E-state index in [9.17, 15) is 0 Å². The van der Waals surface area contributed by atoms with Gasteiger partial charge in [-0.25, -0.2) is 0 Å². The quantitative estimate of drug-likeness (QED) is 0.0657. The van der Waals surface area contributed by atoms with Crippen molar-refractivity contribution in [1.29, 1.82) is 0 Å². The molecule has 0 atom stereocenters. The number of hydrogen-bond acceptors (Lipinski definition) is 2. The van der Waals surface area contributed by atoms with Gasteiger partial charge in [0, 0.05) is 31.2 Å². The SMILES string of the molecule is CCCCCCCCOc1ccc(Br)cc1-c1c2ccccc2c(-c2cc(Br)ccc2OCCCCCCCC)c2ccccc12. The van der Waals surface area contributed by atoms with Crippen LogP contribution < -0.4 is 9.47 Å². The predicted octanol–water partition coefficient (Wildman–Crippen LogP) is 14.3. The fourth-order valence-electron chi connectivity index (χ4n) is 6.48. The maximum atomic E-state index is 6.54. The van der Waals surface area contributed by atoms with Gasteiger partial charge in [-0.2, -0.15) is 0 Å². The molecule has 0 aliphatic rings. The number of halogens is 2. The molecule has 2 nitrogen and oxygen atoms in total. The normalized spacial score (nSPS) is 11.4. The molecule has 0 radical (unpaired) electrons. The first kappa shape index (κ1) is 34.5. The summed E-state index contributed by atoms with van der Waals surface area (Å²) in [7, 11) is 0. The number of rotatable bonds is 18. The number of ether oxygens (including phenoxy) is 2. The van der Waals surface area contributed by atoms with E-state index < -0.39 is 0 Å². The van der Waals surface area contributed by atoms with Crippen LogP contribution in [0, 0.1) is 0 Å². The highest BCUT2D eigenvalue weighted by Gasteiger charge is 2.21. The number of fused-ring (bicyclic) bond motifs is 2. The molecule has 5 rings (SSSR count). The lowest BCUT2D eigenvalue weighted by molar-refractivity contribution is 0.305. The van der Waals surface area contributed by atoms with E-state index in [0.717, 1.165) is 57.6 Å². The van der Waals surface area contributed by atoms with Gasteiger partial charge in [-0.05, 0) is 70.8 Å². The number of unbranched alkanes of at least 4 members (excludes halogenated alkanes) is 10. The molecule has 0 saturated carbocycles. The molecular formula is C42H48Br2O2. The van der Waals surface area contributed by atoms with Crippen LogP contribution in [0.3, 0.4) is 0 Å². The molecule has 0 aliphatic carbocycles. The summed E-state index contributed by atoms with van der Waals surface area (Å²) < 4.78 is 15.2. The molecule has 5 aromatic rings. The molecule has 0 aliphatic heterocycles. The molecule has 0 unspecified atom stereocenters. The molecule has 46 heavy (non-hydrogen) atoms. The molecule has 0 bridgehead atoms. The van der Waals surface area contributed by atoms with Crippen LogP contribution >= 0.6 is 31.9 Å². The second kappa shape index (κ2) is 17.9. The number of benzene rings is 5. The minimum atomic E-state index is 0.728. The van der Waals surface area contributed by atoms with E-state index in [1.807, 2.05) is 0 Å². The van der Waals surface area contributed by atoms with Gasteiger partial charge in [0.15, 0.2) is 0 Å². The third kappa shape index (κ3) is 8.75. The zero-order valence-corrected chi connectivity index (χ0v) is 30.7. The summed E-state index contributed by atoms with van der Waals surface area (Å²) in [6, 6.07) is 30.5. The van der Waals surface area contributed by atoms with Gasteiger partial charge in [-0.15, -0.1) is 0 Å². The third-order valence-corrected chi connectivity index (χ3v) is 9.85. The van der Waals surface area contributed by atoms with E-state index in [2.05, 4.69) is 131 Å². The summed E-state index contributed by atoms with van der Waals surface area (Å²) in [4.78, 5) is 0. The van der Waals surface area contributed by atoms with E-state index >= 15 is 0 Å². The van der Waals surface area contributed by atoms with Crippen molar-refractivity contribution in [3.05, 3.63) is 93.9 Å². The van der Waals surface area contributed by atoms with Crippen molar-refractivity contribution in [2.24, 2.45) is 0 Å². The summed E-state index contributed by atoms with van der Waals surface area (Å²) in [5, 5.41) is 4.84. The Bertz CT molecular complexity index is 1530. The largest absolute Gasteiger partial charge is 0.493 e. The first-order valence-corrected chi connectivity index (χ1v) is 19.0. The van der Waals surface area contributed by atoms with Crippen molar-refractivity contribution in [3.63, 3.8) is 0 Å². The van der Waals surface area contributed by atoms with Crippen LogP contribution in [0.2, 0.25) is 0 Å². The minimum Gasteiger partial charge on any atom is -0.493 e. The minimum absolute atomic E-state index is 0.728. The molecule has 0 saturated heterocycles. The summed E-state index contributed by atoms with van der Waals surface area (Å²) in [6.07, 6.45) is 14.9. The van der Waals surface area contributed by atoms with Crippen LogP contribution in [0.1, 0.15) is 90.9 Å². The Hall–Kier alpha value is -2.82. The van der Waals surface area contributed by atoms with Crippen molar-refractivity contribution >= 4 is 53.4 Å². The topological polar surface area (TPSA) is 18.5 Å². The second-order valence-electron chi connectivity index (χ2n) is 12.4. The first-order valence-electron chi connectivity index (χ1n) is 17.4. The van der Waals surface area contributed by atoms with Crippen LogP contribution in [-0.2, 0) is 0 Å². The van der Waals surface area contributed by atoms with Crippen molar-refractivity contribution in [1.82, 2.24) is 0 Å². The average Bonchev–Trinajstić information content (AvgIpc) is 3.07. The lowest BCUT2D eigenvalue weighted by atomic mass is 9.85. The molecule has 0 spiro atoms. The Kier molecular flexibility index (Phi) is 13.4. The van der Waals surface area contributed by atoms with Gasteiger partial charge >= 0.3 is 0 Å². The lowest BCUT2D eigenvalue weighted by Crippen LogP contribution is -2.01. The smallest absolute Gasteiger partial charge is 0.127 e. The van der Waals surface area contributed by atoms with Crippen molar-refractivity contribution in [3.8, 4) is 33.8 Å². The van der Waals surface area contributed by atoms with E-state index in [-0.39, 0.29) is 0 Å². The number of hydrogen-bond donors (Lipinski definition) is 0. The monoisotopic (exact) mass is 742 g/mol. The molecule has 0 fully saturated rings. The second-order valence-corrected chi connectivity index (χ2v) is 14.2. The van der Waals surface area contributed by atoms with Crippen molar-refractivity contribution in [2.45, 2.75) is 90.9 Å². The molecule has 242 valence electrons. The van der Waals surface area contributed by atoms with Crippen molar-refractivity contribution < 1.29 is 9.47 Å². The highest BCUT2D eigenvalue weighted by atomic mass is 79.9. The van der Waals surface area contributed by atoms with Gasteiger partial charge < -0.3 is 9.47 Å². The van der Waals surface area contributed by atoms with Crippen LogP contribution in [0.25, 0.3) is 43.8 Å². The van der Waals surface area contributed by atoms with Crippen molar-refractivity contribution in [2.75, 3.05) is 13.2 Å². The molecule has 4 heteroatoms. The Balaban J connectivity index is 1.55. The van der Waals surface area contributed by atoms with Gasteiger partial charge in [0.2, 0.25) is 0 Å². The predicted molar refractivity (Wildman–Crippen MR) is 205 cm³/mol. The highest BCUT2D eigenvalue weighted by molar-refractivity contribution is 9.10. The van der Waals surface area contributed by atoms with E-state index in [1.54, 1.807) is 0 Å². The molecule has 0 amide bonds. The Morgan fingerprint density at radius 1 is 0.435 bits per heavy atom. The molecule has 0 heterocycles. The zero-order valence-electron chi connectivity index (χ0n) is 27.6. The zero-order chi connectivity index (χ0) is 32.1. The fourth-order valence-corrected chi connectivity index (χ4v) is 7.21. The Morgan fingerprint density at radius 2 is 0.783 bits per heavy atom. The van der Waals surface area contributed by atoms with Crippen LogP contribution in [0.4, 0.5) is 0 Å². The van der Waals surface area contributed by atoms with Crippen LogP contribution in [0.5, 0.6) is 11.5 Å². The summed E-state index contributed by atoms with van der Waals surface area (Å²) in [5.74, 6) is 1.87.